The van der Waals surface area contributed by atoms with Gasteiger partial charge in [0.25, 0.3) is 0 Å². The Bertz CT molecular complexity index is 415. The SMILES string of the molecule is CCOC(=O)[C@@H](N=[N+]=[N-])[C@H](O)c1ccccc1. The maximum absolute atomic E-state index is 11.5. The van der Waals surface area contributed by atoms with Crippen LogP contribution in [0.2, 0.25) is 0 Å². The van der Waals surface area contributed by atoms with Crippen molar-refractivity contribution in [1.82, 2.24) is 0 Å². The number of carbonyl (C=O) groups is 1. The third-order valence-corrected chi connectivity index (χ3v) is 2.14. The smallest absolute Gasteiger partial charge is 0.317 e. The molecule has 0 heterocycles. The first kappa shape index (κ1) is 13.0. The molecular weight excluding hydrogens is 222 g/mol. The Balaban J connectivity index is 2.91. The van der Waals surface area contributed by atoms with Crippen molar-refractivity contribution in [1.29, 1.82) is 0 Å². The molecule has 0 amide bonds. The van der Waals surface area contributed by atoms with Crippen LogP contribution < -0.4 is 0 Å². The molecular formula is C11H13N3O3. The Morgan fingerprint density at radius 3 is 2.71 bits per heavy atom. The van der Waals surface area contributed by atoms with Gasteiger partial charge < -0.3 is 9.84 Å². The lowest BCUT2D eigenvalue weighted by atomic mass is 10.0. The molecule has 17 heavy (non-hydrogen) atoms. The van der Waals surface area contributed by atoms with E-state index < -0.39 is 18.1 Å². The summed E-state index contributed by atoms with van der Waals surface area (Å²) < 4.78 is 4.74. The number of carbonyl (C=O) groups excluding carboxylic acids is 1. The fraction of sp³-hybridized carbons (Fsp3) is 0.364. The summed E-state index contributed by atoms with van der Waals surface area (Å²) in [6, 6.07) is 7.24. The first-order valence-electron chi connectivity index (χ1n) is 5.14. The highest BCUT2D eigenvalue weighted by molar-refractivity contribution is 5.77. The van der Waals surface area contributed by atoms with Gasteiger partial charge in [-0.1, -0.05) is 35.4 Å². The molecule has 0 unspecified atom stereocenters. The van der Waals surface area contributed by atoms with Crippen molar-refractivity contribution >= 4 is 5.97 Å². The molecule has 0 aliphatic heterocycles. The second-order valence-corrected chi connectivity index (χ2v) is 3.26. The zero-order valence-corrected chi connectivity index (χ0v) is 9.35. The number of rotatable bonds is 5. The number of aliphatic hydroxyl groups excluding tert-OH is 1. The standard InChI is InChI=1S/C11H13N3O3/c1-2-17-11(16)9(13-14-12)10(15)8-6-4-3-5-7-8/h3-7,9-10,15H,2H2,1H3/t9-,10+/m0/s1. The van der Waals surface area contributed by atoms with Crippen LogP contribution in [0.4, 0.5) is 0 Å². The predicted molar refractivity (Wildman–Crippen MR) is 61.0 cm³/mol. The highest BCUT2D eigenvalue weighted by Gasteiger charge is 2.28. The van der Waals surface area contributed by atoms with Gasteiger partial charge in [-0.05, 0) is 18.0 Å². The van der Waals surface area contributed by atoms with Crippen molar-refractivity contribution in [3.8, 4) is 0 Å². The van der Waals surface area contributed by atoms with Crippen LogP contribution in [0.1, 0.15) is 18.6 Å². The van der Waals surface area contributed by atoms with Gasteiger partial charge in [-0.25, -0.2) is 0 Å². The lowest BCUT2D eigenvalue weighted by Crippen LogP contribution is -2.28. The molecule has 0 fully saturated rings. The molecule has 6 heteroatoms. The van der Waals surface area contributed by atoms with Gasteiger partial charge in [0.05, 0.1) is 12.7 Å². The predicted octanol–water partition coefficient (Wildman–Crippen LogP) is 1.96. The molecule has 0 saturated carbocycles. The molecule has 1 aromatic carbocycles. The van der Waals surface area contributed by atoms with E-state index in [4.69, 9.17) is 10.3 Å². The minimum Gasteiger partial charge on any atom is -0.466 e. The molecule has 1 N–H and O–H groups in total. The summed E-state index contributed by atoms with van der Waals surface area (Å²) in [4.78, 5) is 14.1. The fourth-order valence-electron chi connectivity index (χ4n) is 1.35. The Hall–Kier alpha value is -2.04. The van der Waals surface area contributed by atoms with E-state index >= 15 is 0 Å². The van der Waals surface area contributed by atoms with Crippen molar-refractivity contribution in [2.75, 3.05) is 6.61 Å². The summed E-state index contributed by atoms with van der Waals surface area (Å²) in [6.07, 6.45) is -1.20. The summed E-state index contributed by atoms with van der Waals surface area (Å²) in [6.45, 7) is 1.80. The monoisotopic (exact) mass is 235 g/mol. The molecule has 90 valence electrons. The summed E-state index contributed by atoms with van der Waals surface area (Å²) in [5.74, 6) is -0.735. The highest BCUT2D eigenvalue weighted by Crippen LogP contribution is 2.20. The van der Waals surface area contributed by atoms with Gasteiger partial charge in [-0.3, -0.25) is 4.79 Å². The number of ether oxygens (including phenoxy) is 1. The summed E-state index contributed by atoms with van der Waals surface area (Å²) >= 11 is 0. The molecule has 0 aliphatic rings. The van der Waals surface area contributed by atoms with Crippen molar-refractivity contribution in [2.24, 2.45) is 5.11 Å². The van der Waals surface area contributed by atoms with Crippen LogP contribution in [0.3, 0.4) is 0 Å². The average molecular weight is 235 g/mol. The molecule has 6 nitrogen and oxygen atoms in total. The van der Waals surface area contributed by atoms with Crippen LogP contribution in [0.5, 0.6) is 0 Å². The number of hydrogen-bond acceptors (Lipinski definition) is 4. The number of azide groups is 1. The van der Waals surface area contributed by atoms with Crippen LogP contribution in [0, 0.1) is 0 Å². The Labute approximate surface area is 98.5 Å². The fourth-order valence-corrected chi connectivity index (χ4v) is 1.35. The van der Waals surface area contributed by atoms with E-state index in [1.54, 1.807) is 37.3 Å². The number of hydrogen-bond donors (Lipinski definition) is 1. The molecule has 0 bridgehead atoms. The first-order chi connectivity index (χ1) is 8.20. The van der Waals surface area contributed by atoms with E-state index in [1.807, 2.05) is 0 Å². The highest BCUT2D eigenvalue weighted by atomic mass is 16.5. The van der Waals surface area contributed by atoms with Gasteiger partial charge >= 0.3 is 5.97 Å². The van der Waals surface area contributed by atoms with Gasteiger partial charge in [-0.15, -0.1) is 0 Å². The van der Waals surface area contributed by atoms with Crippen LogP contribution in [0.15, 0.2) is 35.4 Å². The maximum Gasteiger partial charge on any atom is 0.317 e. The molecule has 0 saturated heterocycles. The van der Waals surface area contributed by atoms with Crippen LogP contribution in [0.25, 0.3) is 10.4 Å². The quantitative estimate of drug-likeness (QED) is 0.365. The molecule has 0 aromatic heterocycles. The van der Waals surface area contributed by atoms with Crippen LogP contribution in [-0.2, 0) is 9.53 Å². The van der Waals surface area contributed by atoms with E-state index in [0.29, 0.717) is 5.56 Å². The van der Waals surface area contributed by atoms with Crippen molar-refractivity contribution < 1.29 is 14.6 Å². The second-order valence-electron chi connectivity index (χ2n) is 3.26. The molecule has 0 radical (unpaired) electrons. The minimum absolute atomic E-state index is 0.164. The van der Waals surface area contributed by atoms with E-state index in [0.717, 1.165) is 0 Å². The van der Waals surface area contributed by atoms with Gasteiger partial charge in [0.1, 0.15) is 0 Å². The van der Waals surface area contributed by atoms with Crippen LogP contribution in [-0.4, -0.2) is 23.7 Å². The lowest BCUT2D eigenvalue weighted by Gasteiger charge is -2.17. The first-order valence-corrected chi connectivity index (χ1v) is 5.14. The Morgan fingerprint density at radius 2 is 2.18 bits per heavy atom. The largest absolute Gasteiger partial charge is 0.466 e. The Kier molecular flexibility index (Phi) is 5.00. The minimum atomic E-state index is -1.26. The number of benzene rings is 1. The molecule has 0 aliphatic carbocycles. The molecule has 1 aromatic rings. The molecule has 2 atom stereocenters. The third kappa shape index (κ3) is 3.48. The number of aliphatic hydroxyl groups is 1. The van der Waals surface area contributed by atoms with Gasteiger partial charge in [-0.2, -0.15) is 0 Å². The van der Waals surface area contributed by atoms with Gasteiger partial charge in [0.2, 0.25) is 0 Å². The van der Waals surface area contributed by atoms with Crippen molar-refractivity contribution in [3.05, 3.63) is 46.3 Å². The van der Waals surface area contributed by atoms with Crippen molar-refractivity contribution in [3.63, 3.8) is 0 Å². The normalized spacial score (nSPS) is 13.3. The average Bonchev–Trinajstić information content (AvgIpc) is 2.36. The van der Waals surface area contributed by atoms with E-state index in [9.17, 15) is 9.90 Å². The lowest BCUT2D eigenvalue weighted by molar-refractivity contribution is -0.147. The summed E-state index contributed by atoms with van der Waals surface area (Å²) in [7, 11) is 0. The maximum atomic E-state index is 11.5. The van der Waals surface area contributed by atoms with Gasteiger partial charge in [0.15, 0.2) is 6.04 Å². The van der Waals surface area contributed by atoms with Crippen LogP contribution >= 0.6 is 0 Å². The third-order valence-electron chi connectivity index (χ3n) is 2.14. The zero-order valence-electron chi connectivity index (χ0n) is 9.35. The summed E-state index contributed by atoms with van der Waals surface area (Å²) in [5, 5.41) is 13.2. The topological polar surface area (TPSA) is 95.3 Å². The Morgan fingerprint density at radius 1 is 1.53 bits per heavy atom. The molecule has 1 rings (SSSR count). The van der Waals surface area contributed by atoms with Crippen molar-refractivity contribution in [2.45, 2.75) is 19.1 Å². The van der Waals surface area contributed by atoms with E-state index in [1.165, 1.54) is 0 Å². The molecule has 0 spiro atoms. The van der Waals surface area contributed by atoms with E-state index in [-0.39, 0.29) is 6.61 Å². The number of esters is 1. The summed E-state index contributed by atoms with van der Waals surface area (Å²) in [5.41, 5.74) is 8.89. The van der Waals surface area contributed by atoms with Gasteiger partial charge in [0, 0.05) is 4.91 Å². The van der Waals surface area contributed by atoms with E-state index in [2.05, 4.69) is 10.0 Å². The number of nitrogens with zero attached hydrogens (tertiary/aromatic N) is 3. The second kappa shape index (κ2) is 6.52. The zero-order chi connectivity index (χ0) is 12.7.